The number of fused-ring (bicyclic) bond motifs is 1. The van der Waals surface area contributed by atoms with Crippen LogP contribution in [0.15, 0.2) is 18.2 Å². The minimum absolute atomic E-state index is 0.00592. The van der Waals surface area contributed by atoms with Gasteiger partial charge in [0.25, 0.3) is 0 Å². The average Bonchev–Trinajstić information content (AvgIpc) is 2.35. The van der Waals surface area contributed by atoms with Crippen molar-refractivity contribution >= 4 is 5.91 Å². The fourth-order valence-electron chi connectivity index (χ4n) is 3.22. The van der Waals surface area contributed by atoms with Crippen molar-refractivity contribution in [2.75, 3.05) is 27.2 Å². The second kappa shape index (κ2) is 5.69. The Morgan fingerprint density at radius 3 is 2.45 bits per heavy atom. The van der Waals surface area contributed by atoms with Crippen LogP contribution in [0, 0.1) is 0 Å². The van der Waals surface area contributed by atoms with Crippen LogP contribution in [0.25, 0.3) is 0 Å². The Bertz CT molecular complexity index is 567. The Kier molecular flexibility index (Phi) is 4.40. The van der Waals surface area contributed by atoms with Crippen LogP contribution in [0.2, 0.25) is 0 Å². The highest BCUT2D eigenvalue weighted by molar-refractivity contribution is 5.78. The van der Waals surface area contributed by atoms with Crippen molar-refractivity contribution in [3.05, 3.63) is 34.9 Å². The van der Waals surface area contributed by atoms with E-state index in [1.165, 1.54) is 16.7 Å². The van der Waals surface area contributed by atoms with Crippen molar-refractivity contribution in [3.8, 4) is 0 Å². The molecule has 1 aliphatic rings. The molecule has 2 rings (SSSR count). The Hall–Kier alpha value is -1.35. The lowest BCUT2D eigenvalue weighted by Gasteiger charge is -2.41. The largest absolute Gasteiger partial charge is 0.336 e. The summed E-state index contributed by atoms with van der Waals surface area (Å²) in [6.45, 7) is 13.2. The molecule has 3 nitrogen and oxygen atoms in total. The van der Waals surface area contributed by atoms with Crippen LogP contribution in [0.5, 0.6) is 0 Å². The number of hydrogen-bond acceptors (Lipinski definition) is 2. The van der Waals surface area contributed by atoms with Gasteiger partial charge in [0, 0.05) is 18.5 Å². The second-order valence-corrected chi connectivity index (χ2v) is 8.49. The summed E-state index contributed by atoms with van der Waals surface area (Å²) in [5.41, 5.74) is 4.16. The minimum atomic E-state index is 0.00592. The zero-order chi connectivity index (χ0) is 16.7. The number of amides is 1. The number of nitrogens with zero attached hydrogens (tertiary/aromatic N) is 2. The van der Waals surface area contributed by atoms with Gasteiger partial charge in [-0.25, -0.2) is 0 Å². The van der Waals surface area contributed by atoms with Crippen LogP contribution in [0.3, 0.4) is 0 Å². The molecule has 0 bridgehead atoms. The van der Waals surface area contributed by atoms with Gasteiger partial charge in [-0.05, 0) is 36.2 Å². The van der Waals surface area contributed by atoms with E-state index in [1.54, 1.807) is 0 Å². The molecular formula is C19H30N2O. The highest BCUT2D eigenvalue weighted by Crippen LogP contribution is 2.36. The monoisotopic (exact) mass is 302 g/mol. The lowest BCUT2D eigenvalue weighted by atomic mass is 9.75. The molecule has 0 fully saturated rings. The molecule has 1 heterocycles. The molecule has 0 spiro atoms. The normalized spacial score (nSPS) is 17.5. The van der Waals surface area contributed by atoms with Gasteiger partial charge in [0.05, 0.1) is 6.54 Å². The SMILES string of the molecule is CN(C)CC(=O)N1Cc2cc(C(C)(C)C)ccc2C(C)(C)C1. The summed E-state index contributed by atoms with van der Waals surface area (Å²) < 4.78 is 0. The molecule has 0 aromatic heterocycles. The number of hydrogen-bond donors (Lipinski definition) is 0. The maximum atomic E-state index is 12.5. The van der Waals surface area contributed by atoms with Crippen molar-refractivity contribution < 1.29 is 4.79 Å². The molecule has 22 heavy (non-hydrogen) atoms. The molecule has 1 amide bonds. The lowest BCUT2D eigenvalue weighted by Crippen LogP contribution is -2.47. The third-order valence-electron chi connectivity index (χ3n) is 4.45. The summed E-state index contributed by atoms with van der Waals surface area (Å²) >= 11 is 0. The number of carbonyl (C=O) groups is 1. The van der Waals surface area contributed by atoms with Crippen LogP contribution in [-0.4, -0.2) is 42.9 Å². The number of carbonyl (C=O) groups excluding carboxylic acids is 1. The Morgan fingerprint density at radius 1 is 1.27 bits per heavy atom. The first kappa shape index (κ1) is 17.0. The van der Waals surface area contributed by atoms with Crippen molar-refractivity contribution in [2.45, 2.75) is 52.0 Å². The van der Waals surface area contributed by atoms with Gasteiger partial charge in [0.2, 0.25) is 5.91 Å². The van der Waals surface area contributed by atoms with Crippen LogP contribution in [-0.2, 0) is 22.2 Å². The molecule has 0 N–H and O–H groups in total. The van der Waals surface area contributed by atoms with E-state index in [9.17, 15) is 4.79 Å². The maximum absolute atomic E-state index is 12.5. The summed E-state index contributed by atoms with van der Waals surface area (Å²) in [4.78, 5) is 16.4. The van der Waals surface area contributed by atoms with E-state index in [1.807, 2.05) is 23.9 Å². The molecule has 0 radical (unpaired) electrons. The molecule has 122 valence electrons. The Labute approximate surface area is 135 Å². The van der Waals surface area contributed by atoms with E-state index >= 15 is 0 Å². The van der Waals surface area contributed by atoms with Crippen LogP contribution < -0.4 is 0 Å². The number of likely N-dealkylation sites (N-methyl/N-ethyl adjacent to an activating group) is 1. The van der Waals surface area contributed by atoms with E-state index in [0.717, 1.165) is 13.1 Å². The third-order valence-corrected chi connectivity index (χ3v) is 4.45. The first-order chi connectivity index (χ1) is 10.0. The Balaban J connectivity index is 2.36. The zero-order valence-corrected chi connectivity index (χ0v) is 15.2. The average molecular weight is 302 g/mol. The molecular weight excluding hydrogens is 272 g/mol. The van der Waals surface area contributed by atoms with Gasteiger partial charge in [-0.2, -0.15) is 0 Å². The molecule has 0 saturated carbocycles. The van der Waals surface area contributed by atoms with Gasteiger partial charge in [-0.15, -0.1) is 0 Å². The highest BCUT2D eigenvalue weighted by atomic mass is 16.2. The molecule has 3 heteroatoms. The summed E-state index contributed by atoms with van der Waals surface area (Å²) in [5, 5.41) is 0. The van der Waals surface area contributed by atoms with E-state index in [-0.39, 0.29) is 16.7 Å². The highest BCUT2D eigenvalue weighted by Gasteiger charge is 2.34. The lowest BCUT2D eigenvalue weighted by molar-refractivity contribution is -0.133. The van der Waals surface area contributed by atoms with Gasteiger partial charge < -0.3 is 9.80 Å². The number of rotatable bonds is 2. The zero-order valence-electron chi connectivity index (χ0n) is 15.2. The fourth-order valence-corrected chi connectivity index (χ4v) is 3.22. The quantitative estimate of drug-likeness (QED) is 0.838. The molecule has 0 unspecified atom stereocenters. The summed E-state index contributed by atoms with van der Waals surface area (Å²) in [6, 6.07) is 6.81. The first-order valence-electron chi connectivity index (χ1n) is 8.07. The van der Waals surface area contributed by atoms with Crippen molar-refractivity contribution in [2.24, 2.45) is 0 Å². The molecule has 1 aliphatic heterocycles. The van der Waals surface area contributed by atoms with Gasteiger partial charge >= 0.3 is 0 Å². The van der Waals surface area contributed by atoms with Crippen LogP contribution in [0.4, 0.5) is 0 Å². The molecule has 0 aliphatic carbocycles. The predicted octanol–water partition coefficient (Wildman–Crippen LogP) is 3.17. The molecule has 1 aromatic rings. The first-order valence-corrected chi connectivity index (χ1v) is 8.07. The fraction of sp³-hybridized carbons (Fsp3) is 0.632. The van der Waals surface area contributed by atoms with Gasteiger partial charge in [-0.3, -0.25) is 4.79 Å². The third kappa shape index (κ3) is 3.52. The molecule has 1 aromatic carbocycles. The topological polar surface area (TPSA) is 23.6 Å². The van der Waals surface area contributed by atoms with E-state index in [4.69, 9.17) is 0 Å². The van der Waals surface area contributed by atoms with E-state index in [0.29, 0.717) is 6.54 Å². The smallest absolute Gasteiger partial charge is 0.237 e. The van der Waals surface area contributed by atoms with Crippen LogP contribution in [0.1, 0.15) is 51.3 Å². The van der Waals surface area contributed by atoms with E-state index < -0.39 is 0 Å². The van der Waals surface area contributed by atoms with E-state index in [2.05, 4.69) is 52.8 Å². The van der Waals surface area contributed by atoms with Crippen molar-refractivity contribution in [1.29, 1.82) is 0 Å². The van der Waals surface area contributed by atoms with Gasteiger partial charge in [0.1, 0.15) is 0 Å². The second-order valence-electron chi connectivity index (χ2n) is 8.49. The number of benzene rings is 1. The van der Waals surface area contributed by atoms with Gasteiger partial charge in [0.15, 0.2) is 0 Å². The summed E-state index contributed by atoms with van der Waals surface area (Å²) in [5.74, 6) is 0.213. The van der Waals surface area contributed by atoms with Crippen LogP contribution >= 0.6 is 0 Å². The van der Waals surface area contributed by atoms with Crippen molar-refractivity contribution in [3.63, 3.8) is 0 Å². The maximum Gasteiger partial charge on any atom is 0.237 e. The van der Waals surface area contributed by atoms with Gasteiger partial charge in [-0.1, -0.05) is 52.8 Å². The van der Waals surface area contributed by atoms with Crippen molar-refractivity contribution in [1.82, 2.24) is 9.80 Å². The Morgan fingerprint density at radius 2 is 1.91 bits per heavy atom. The standard InChI is InChI=1S/C19H30N2O/c1-18(2,3)15-8-9-16-14(10-15)11-21(13-19(16,4)5)17(22)12-20(6)7/h8-10H,11-13H2,1-7H3. The summed E-state index contributed by atoms with van der Waals surface area (Å²) in [7, 11) is 3.89. The predicted molar refractivity (Wildman–Crippen MR) is 92.1 cm³/mol. The molecule has 0 saturated heterocycles. The summed E-state index contributed by atoms with van der Waals surface area (Å²) in [6.07, 6.45) is 0. The minimum Gasteiger partial charge on any atom is -0.336 e. The molecule has 0 atom stereocenters.